The van der Waals surface area contributed by atoms with Crippen molar-refractivity contribution in [3.63, 3.8) is 0 Å². The normalized spacial score (nSPS) is 14.3. The van der Waals surface area contributed by atoms with Crippen LogP contribution in [0.5, 0.6) is 5.88 Å². The molecule has 28 heavy (non-hydrogen) atoms. The van der Waals surface area contributed by atoms with Gasteiger partial charge in [0.1, 0.15) is 0 Å². The van der Waals surface area contributed by atoms with Crippen molar-refractivity contribution >= 4 is 11.6 Å². The Labute approximate surface area is 162 Å². The summed E-state index contributed by atoms with van der Waals surface area (Å²) in [5, 5.41) is 13.4. The van der Waals surface area contributed by atoms with Crippen molar-refractivity contribution < 1.29 is 9.90 Å². The van der Waals surface area contributed by atoms with Gasteiger partial charge in [-0.15, -0.1) is 0 Å². The molecular formula is C21H22N4O3. The minimum Gasteiger partial charge on any atom is -0.492 e. The van der Waals surface area contributed by atoms with Crippen LogP contribution in [0.25, 0.3) is 11.4 Å². The monoisotopic (exact) mass is 378 g/mol. The number of rotatable bonds is 5. The van der Waals surface area contributed by atoms with Crippen LogP contribution in [0, 0.1) is 0 Å². The first kappa shape index (κ1) is 18.1. The first-order valence-corrected chi connectivity index (χ1v) is 9.35. The van der Waals surface area contributed by atoms with Crippen molar-refractivity contribution in [2.75, 3.05) is 25.0 Å². The number of aromatic nitrogens is 2. The Morgan fingerprint density at radius 1 is 0.893 bits per heavy atom. The number of nitrogens with zero attached hydrogens (tertiary/aromatic N) is 3. The van der Waals surface area contributed by atoms with Gasteiger partial charge in [-0.25, -0.2) is 9.36 Å². The molecule has 1 aromatic heterocycles. The Kier molecular flexibility index (Phi) is 4.99. The number of aromatic hydroxyl groups is 1. The first-order valence-electron chi connectivity index (χ1n) is 9.35. The summed E-state index contributed by atoms with van der Waals surface area (Å²) < 4.78 is 2.76. The summed E-state index contributed by atoms with van der Waals surface area (Å²) in [6.07, 6.45) is 2.15. The van der Waals surface area contributed by atoms with Crippen molar-refractivity contribution in [2.24, 2.45) is 0 Å². The van der Waals surface area contributed by atoms with Gasteiger partial charge < -0.3 is 10.4 Å². The molecule has 1 aliphatic heterocycles. The lowest BCUT2D eigenvalue weighted by molar-refractivity contribution is -0.117. The number of hydrogen-bond donors (Lipinski definition) is 2. The van der Waals surface area contributed by atoms with E-state index in [2.05, 4.69) is 5.32 Å². The maximum atomic E-state index is 13.1. The number of para-hydroxylation sites is 2. The Hall–Kier alpha value is -3.32. The third-order valence-corrected chi connectivity index (χ3v) is 4.86. The van der Waals surface area contributed by atoms with Crippen molar-refractivity contribution in [3.8, 4) is 17.3 Å². The SMILES string of the molecule is O=C(CN1CCCC1)Nc1c(O)n(-c2ccccc2)n(-c2ccccc2)c1=O. The van der Waals surface area contributed by atoms with E-state index in [0.29, 0.717) is 11.4 Å². The van der Waals surface area contributed by atoms with Crippen LogP contribution in [-0.2, 0) is 4.79 Å². The Morgan fingerprint density at radius 3 is 2.00 bits per heavy atom. The highest BCUT2D eigenvalue weighted by atomic mass is 16.3. The number of carbonyl (C=O) groups excluding carboxylic acids is 1. The maximum absolute atomic E-state index is 13.1. The predicted molar refractivity (Wildman–Crippen MR) is 107 cm³/mol. The van der Waals surface area contributed by atoms with Gasteiger partial charge in [0.2, 0.25) is 11.8 Å². The molecule has 2 heterocycles. The van der Waals surface area contributed by atoms with E-state index in [1.54, 1.807) is 24.3 Å². The number of carbonyl (C=O) groups is 1. The summed E-state index contributed by atoms with van der Waals surface area (Å²) in [6, 6.07) is 18.1. The number of anilines is 1. The average molecular weight is 378 g/mol. The molecule has 0 atom stereocenters. The summed E-state index contributed by atoms with van der Waals surface area (Å²) >= 11 is 0. The number of likely N-dealkylation sites (tertiary alicyclic amines) is 1. The fraction of sp³-hybridized carbons (Fsp3) is 0.238. The smallest absolute Gasteiger partial charge is 0.299 e. The van der Waals surface area contributed by atoms with Crippen LogP contribution in [0.15, 0.2) is 65.5 Å². The zero-order chi connectivity index (χ0) is 19.5. The third-order valence-electron chi connectivity index (χ3n) is 4.86. The predicted octanol–water partition coefficient (Wildman–Crippen LogP) is 2.37. The van der Waals surface area contributed by atoms with E-state index >= 15 is 0 Å². The van der Waals surface area contributed by atoms with Crippen LogP contribution in [0.4, 0.5) is 5.69 Å². The van der Waals surface area contributed by atoms with Crippen molar-refractivity contribution in [3.05, 3.63) is 71.0 Å². The summed E-state index contributed by atoms with van der Waals surface area (Å²) in [5.41, 5.74) is 0.604. The molecule has 7 nitrogen and oxygen atoms in total. The molecule has 1 amide bonds. The molecule has 7 heteroatoms. The van der Waals surface area contributed by atoms with Crippen molar-refractivity contribution in [1.82, 2.24) is 14.3 Å². The molecule has 1 aliphatic rings. The molecule has 2 N–H and O–H groups in total. The highest BCUT2D eigenvalue weighted by Crippen LogP contribution is 2.26. The van der Waals surface area contributed by atoms with Gasteiger partial charge in [-0.2, -0.15) is 0 Å². The molecule has 144 valence electrons. The van der Waals surface area contributed by atoms with E-state index in [9.17, 15) is 14.7 Å². The molecule has 1 saturated heterocycles. The van der Waals surface area contributed by atoms with E-state index in [-0.39, 0.29) is 24.0 Å². The van der Waals surface area contributed by atoms with Crippen molar-refractivity contribution in [2.45, 2.75) is 12.8 Å². The van der Waals surface area contributed by atoms with Gasteiger partial charge in [-0.3, -0.25) is 14.5 Å². The number of nitrogens with one attached hydrogen (secondary N) is 1. The van der Waals surface area contributed by atoms with E-state index in [0.717, 1.165) is 25.9 Å². The molecule has 3 aromatic rings. The quantitative estimate of drug-likeness (QED) is 0.714. The standard InChI is InChI=1S/C21H22N4O3/c26-18(15-23-13-7-8-14-23)22-19-20(27)24(16-9-3-1-4-10-16)25(21(19)28)17-11-5-2-6-12-17/h1-6,9-12,27H,7-8,13-15H2,(H,22,26). The van der Waals surface area contributed by atoms with Crippen LogP contribution in [0.3, 0.4) is 0 Å². The van der Waals surface area contributed by atoms with Crippen molar-refractivity contribution in [1.29, 1.82) is 0 Å². The summed E-state index contributed by atoms with van der Waals surface area (Å²) in [5.74, 6) is -0.602. The molecule has 0 bridgehead atoms. The van der Waals surface area contributed by atoms with E-state index in [1.165, 1.54) is 9.36 Å². The molecule has 4 rings (SSSR count). The van der Waals surface area contributed by atoms with Crippen LogP contribution >= 0.6 is 0 Å². The highest BCUT2D eigenvalue weighted by Gasteiger charge is 2.24. The van der Waals surface area contributed by atoms with Gasteiger partial charge in [-0.05, 0) is 50.2 Å². The zero-order valence-corrected chi connectivity index (χ0v) is 15.4. The van der Waals surface area contributed by atoms with E-state index < -0.39 is 5.56 Å². The largest absolute Gasteiger partial charge is 0.492 e. The van der Waals surface area contributed by atoms with Crippen LogP contribution in [0.2, 0.25) is 0 Å². The molecule has 1 fully saturated rings. The second-order valence-corrected chi connectivity index (χ2v) is 6.83. The van der Waals surface area contributed by atoms with Gasteiger partial charge in [0.25, 0.3) is 5.56 Å². The first-order chi connectivity index (χ1) is 13.6. The van der Waals surface area contributed by atoms with Crippen LogP contribution in [0.1, 0.15) is 12.8 Å². The summed E-state index contributed by atoms with van der Waals surface area (Å²) in [6.45, 7) is 1.96. The second kappa shape index (κ2) is 7.74. The molecular weight excluding hydrogens is 356 g/mol. The number of benzene rings is 2. The maximum Gasteiger partial charge on any atom is 0.299 e. The van der Waals surface area contributed by atoms with Gasteiger partial charge in [0, 0.05) is 0 Å². The van der Waals surface area contributed by atoms with Gasteiger partial charge >= 0.3 is 0 Å². The number of hydrogen-bond acceptors (Lipinski definition) is 4. The highest BCUT2D eigenvalue weighted by molar-refractivity contribution is 5.93. The molecule has 0 aliphatic carbocycles. The van der Waals surface area contributed by atoms with E-state index in [4.69, 9.17) is 0 Å². The lowest BCUT2D eigenvalue weighted by Gasteiger charge is -2.13. The van der Waals surface area contributed by atoms with Gasteiger partial charge in [0.05, 0.1) is 17.9 Å². The van der Waals surface area contributed by atoms with E-state index in [1.807, 2.05) is 41.3 Å². The Balaban J connectivity index is 1.76. The fourth-order valence-corrected chi connectivity index (χ4v) is 3.53. The minimum atomic E-state index is -0.484. The van der Waals surface area contributed by atoms with Gasteiger partial charge in [0.15, 0.2) is 5.69 Å². The lowest BCUT2D eigenvalue weighted by Crippen LogP contribution is -2.32. The second-order valence-electron chi connectivity index (χ2n) is 6.83. The number of amides is 1. The van der Waals surface area contributed by atoms with Crippen LogP contribution < -0.4 is 10.9 Å². The zero-order valence-electron chi connectivity index (χ0n) is 15.4. The topological polar surface area (TPSA) is 79.5 Å². The molecule has 0 unspecified atom stereocenters. The molecule has 0 radical (unpaired) electrons. The van der Waals surface area contributed by atoms with Gasteiger partial charge in [-0.1, -0.05) is 36.4 Å². The third kappa shape index (κ3) is 3.44. The Bertz CT molecular complexity index is 1020. The average Bonchev–Trinajstić information content (AvgIpc) is 3.31. The Morgan fingerprint density at radius 2 is 1.43 bits per heavy atom. The summed E-state index contributed by atoms with van der Waals surface area (Å²) in [4.78, 5) is 27.6. The fourth-order valence-electron chi connectivity index (χ4n) is 3.53. The molecule has 0 saturated carbocycles. The molecule has 2 aromatic carbocycles. The lowest BCUT2D eigenvalue weighted by atomic mass is 10.3. The summed E-state index contributed by atoms with van der Waals surface area (Å²) in [7, 11) is 0. The van der Waals surface area contributed by atoms with Crippen LogP contribution in [-0.4, -0.2) is 44.9 Å². The molecule has 0 spiro atoms. The minimum absolute atomic E-state index is 0.114.